The van der Waals surface area contributed by atoms with Gasteiger partial charge in [0.05, 0.1) is 28.1 Å². The van der Waals surface area contributed by atoms with Crippen LogP contribution in [0.15, 0.2) is 71.6 Å². The molecular formula is C30H28ClF3N2O6S2. The summed E-state index contributed by atoms with van der Waals surface area (Å²) in [4.78, 5) is 12.9. The van der Waals surface area contributed by atoms with Crippen LogP contribution in [0.4, 0.5) is 18.9 Å². The van der Waals surface area contributed by atoms with Gasteiger partial charge in [-0.2, -0.15) is 0 Å². The largest absolute Gasteiger partial charge is 0.573 e. The van der Waals surface area contributed by atoms with E-state index in [1.807, 2.05) is 0 Å². The van der Waals surface area contributed by atoms with E-state index >= 15 is 0 Å². The van der Waals surface area contributed by atoms with Crippen molar-refractivity contribution in [2.45, 2.75) is 54.9 Å². The lowest BCUT2D eigenvalue weighted by Gasteiger charge is -2.41. The second kappa shape index (κ2) is 11.0. The lowest BCUT2D eigenvalue weighted by atomic mass is 9.70. The number of benzene rings is 3. The number of sulfonamides is 1. The Bertz CT molecular complexity index is 1830. The van der Waals surface area contributed by atoms with Gasteiger partial charge in [-0.1, -0.05) is 35.9 Å². The van der Waals surface area contributed by atoms with E-state index in [4.69, 9.17) is 11.6 Å². The fourth-order valence-corrected chi connectivity index (χ4v) is 10.1. The quantitative estimate of drug-likeness (QED) is 0.351. The summed E-state index contributed by atoms with van der Waals surface area (Å²) in [6.45, 7) is 0.153. The van der Waals surface area contributed by atoms with Crippen LogP contribution in [0.1, 0.15) is 47.2 Å². The van der Waals surface area contributed by atoms with E-state index in [0.29, 0.717) is 29.0 Å². The molecule has 6 rings (SSSR count). The SMILES string of the molecule is O=C(NCc1ccccc1Cl)c1ccc2c(c1)C1(CCS(=O)(=O)CC1)C(C1CC1)N2S(=O)(=O)c1cccc(OC(F)(F)F)c1. The highest BCUT2D eigenvalue weighted by atomic mass is 35.5. The van der Waals surface area contributed by atoms with Crippen LogP contribution in [0.25, 0.3) is 0 Å². The fourth-order valence-electron chi connectivity index (χ4n) is 6.47. The fraction of sp³-hybridized carbons (Fsp3) is 0.367. The number of sulfone groups is 1. The summed E-state index contributed by atoms with van der Waals surface area (Å²) in [7, 11) is -7.81. The predicted octanol–water partition coefficient (Wildman–Crippen LogP) is 5.60. The van der Waals surface area contributed by atoms with Gasteiger partial charge in [0.1, 0.15) is 15.6 Å². The molecule has 1 unspecified atom stereocenters. The molecule has 2 heterocycles. The van der Waals surface area contributed by atoms with Crippen LogP contribution >= 0.6 is 11.6 Å². The van der Waals surface area contributed by atoms with Crippen LogP contribution in [0.2, 0.25) is 5.02 Å². The zero-order chi connectivity index (χ0) is 31.5. The van der Waals surface area contributed by atoms with Gasteiger partial charge in [0, 0.05) is 28.6 Å². The molecule has 1 saturated carbocycles. The Kier molecular flexibility index (Phi) is 7.65. The van der Waals surface area contributed by atoms with Gasteiger partial charge in [0.15, 0.2) is 0 Å². The molecule has 2 fully saturated rings. The number of carbonyl (C=O) groups is 1. The lowest BCUT2D eigenvalue weighted by molar-refractivity contribution is -0.274. The number of nitrogens with one attached hydrogen (secondary N) is 1. The summed E-state index contributed by atoms with van der Waals surface area (Å²) >= 11 is 6.23. The number of amides is 1. The number of hydrogen-bond acceptors (Lipinski definition) is 6. The van der Waals surface area contributed by atoms with Gasteiger partial charge < -0.3 is 10.1 Å². The first-order chi connectivity index (χ1) is 20.7. The van der Waals surface area contributed by atoms with Crippen molar-refractivity contribution in [1.29, 1.82) is 0 Å². The summed E-state index contributed by atoms with van der Waals surface area (Å²) < 4.78 is 97.8. The van der Waals surface area contributed by atoms with Crippen molar-refractivity contribution in [3.63, 3.8) is 0 Å². The Hall–Kier alpha value is -3.29. The van der Waals surface area contributed by atoms with Crippen molar-refractivity contribution in [3.05, 3.63) is 88.4 Å². The Labute approximate surface area is 258 Å². The maximum atomic E-state index is 14.3. The molecule has 3 aliphatic rings. The first-order valence-corrected chi connectivity index (χ1v) is 17.6. The van der Waals surface area contributed by atoms with Crippen LogP contribution in [-0.2, 0) is 31.8 Å². The number of alkyl halides is 3. The molecule has 8 nitrogen and oxygen atoms in total. The van der Waals surface area contributed by atoms with Crippen molar-refractivity contribution >= 4 is 43.1 Å². The number of nitrogens with zero attached hydrogens (tertiary/aromatic N) is 1. The molecular weight excluding hydrogens is 641 g/mol. The molecule has 0 aromatic heterocycles. The van der Waals surface area contributed by atoms with Crippen molar-refractivity contribution in [3.8, 4) is 5.75 Å². The van der Waals surface area contributed by atoms with Gasteiger partial charge in [0.25, 0.3) is 15.9 Å². The summed E-state index contributed by atoms with van der Waals surface area (Å²) in [5.41, 5.74) is 0.888. The van der Waals surface area contributed by atoms with Crippen molar-refractivity contribution in [1.82, 2.24) is 5.32 Å². The van der Waals surface area contributed by atoms with E-state index in [0.717, 1.165) is 12.1 Å². The van der Waals surface area contributed by atoms with E-state index in [1.54, 1.807) is 30.3 Å². The molecule has 1 spiro atoms. The second-order valence-electron chi connectivity index (χ2n) is 11.4. The van der Waals surface area contributed by atoms with Gasteiger partial charge in [-0.15, -0.1) is 13.2 Å². The minimum Gasteiger partial charge on any atom is -0.406 e. The Morgan fingerprint density at radius 2 is 1.73 bits per heavy atom. The number of halogens is 4. The van der Waals surface area contributed by atoms with Crippen LogP contribution < -0.4 is 14.4 Å². The van der Waals surface area contributed by atoms with E-state index < -0.39 is 54.2 Å². The highest BCUT2D eigenvalue weighted by molar-refractivity contribution is 7.93. The first kappa shape index (κ1) is 30.7. The third-order valence-corrected chi connectivity index (χ3v) is 12.4. The molecule has 3 aromatic carbocycles. The van der Waals surface area contributed by atoms with Gasteiger partial charge >= 0.3 is 6.36 Å². The van der Waals surface area contributed by atoms with Crippen molar-refractivity contribution in [2.24, 2.45) is 5.92 Å². The van der Waals surface area contributed by atoms with Gasteiger partial charge in [-0.25, -0.2) is 16.8 Å². The molecule has 0 bridgehead atoms. The molecule has 1 aliphatic carbocycles. The number of hydrogen-bond donors (Lipinski definition) is 1. The average molecular weight is 669 g/mol. The van der Waals surface area contributed by atoms with Gasteiger partial charge in [-0.3, -0.25) is 9.10 Å². The Morgan fingerprint density at radius 3 is 2.39 bits per heavy atom. The third-order valence-electron chi connectivity index (χ3n) is 8.63. The molecule has 44 heavy (non-hydrogen) atoms. The predicted molar refractivity (Wildman–Crippen MR) is 158 cm³/mol. The highest BCUT2D eigenvalue weighted by Crippen LogP contribution is 2.59. The zero-order valence-corrected chi connectivity index (χ0v) is 25.6. The smallest absolute Gasteiger partial charge is 0.406 e. The molecule has 1 amide bonds. The third kappa shape index (κ3) is 5.77. The molecule has 1 atom stereocenters. The number of ether oxygens (including phenoxy) is 1. The monoisotopic (exact) mass is 668 g/mol. The standard InChI is InChI=1S/C30H28ClF3N2O6S2/c31-25-7-2-1-4-21(25)18-35-28(37)20-10-11-26-24(16-20)29(12-14-43(38,39)15-13-29)27(19-8-9-19)36(26)44(40,41)23-6-3-5-22(17-23)42-30(32,33)34/h1-7,10-11,16-17,19,27H,8-9,12-15,18H2,(H,35,37). The van der Waals surface area contributed by atoms with E-state index in [2.05, 4.69) is 10.1 Å². The summed E-state index contributed by atoms with van der Waals surface area (Å²) in [6.07, 6.45) is -3.29. The lowest BCUT2D eigenvalue weighted by Crippen LogP contribution is -2.52. The molecule has 234 valence electrons. The summed E-state index contributed by atoms with van der Waals surface area (Å²) in [6, 6.07) is 15.3. The minimum atomic E-state index is -5.01. The molecule has 1 N–H and O–H groups in total. The minimum absolute atomic E-state index is 0.0925. The van der Waals surface area contributed by atoms with Crippen LogP contribution in [-0.4, -0.2) is 46.7 Å². The number of carbonyl (C=O) groups excluding carboxylic acids is 1. The van der Waals surface area contributed by atoms with Gasteiger partial charge in [0.2, 0.25) is 0 Å². The van der Waals surface area contributed by atoms with Crippen LogP contribution in [0.5, 0.6) is 5.75 Å². The molecule has 3 aromatic rings. The average Bonchev–Trinajstić information content (AvgIpc) is 3.76. The van der Waals surface area contributed by atoms with Crippen LogP contribution in [0, 0.1) is 5.92 Å². The van der Waals surface area contributed by atoms with Gasteiger partial charge in [-0.05, 0) is 79.1 Å². The number of anilines is 1. The van der Waals surface area contributed by atoms with Crippen LogP contribution in [0.3, 0.4) is 0 Å². The summed E-state index contributed by atoms with van der Waals surface area (Å²) in [5, 5.41) is 3.32. The van der Waals surface area contributed by atoms with E-state index in [-0.39, 0.29) is 48.1 Å². The van der Waals surface area contributed by atoms with E-state index in [9.17, 15) is 34.8 Å². The molecule has 2 aliphatic heterocycles. The maximum absolute atomic E-state index is 14.3. The Morgan fingerprint density at radius 1 is 1.02 bits per heavy atom. The Balaban J connectivity index is 1.43. The topological polar surface area (TPSA) is 110 Å². The second-order valence-corrected chi connectivity index (χ2v) is 15.9. The first-order valence-electron chi connectivity index (χ1n) is 14.0. The number of rotatable bonds is 7. The highest BCUT2D eigenvalue weighted by Gasteiger charge is 2.60. The van der Waals surface area contributed by atoms with Crippen molar-refractivity contribution in [2.75, 3.05) is 15.8 Å². The number of fused-ring (bicyclic) bond motifs is 2. The zero-order valence-electron chi connectivity index (χ0n) is 23.2. The molecule has 14 heteroatoms. The maximum Gasteiger partial charge on any atom is 0.573 e. The molecule has 1 saturated heterocycles. The van der Waals surface area contributed by atoms with E-state index in [1.165, 1.54) is 28.6 Å². The summed E-state index contributed by atoms with van der Waals surface area (Å²) in [5.74, 6) is -1.49. The normalized spacial score (nSPS) is 20.7. The van der Waals surface area contributed by atoms with Crippen molar-refractivity contribution < 1.29 is 39.5 Å². The molecule has 0 radical (unpaired) electrons.